The molecule has 82 valence electrons. The van der Waals surface area contributed by atoms with Gasteiger partial charge >= 0.3 is 19.5 Å². The van der Waals surface area contributed by atoms with Crippen LogP contribution in [0, 0.1) is 0 Å². The molecule has 0 aromatic heterocycles. The molecule has 1 atom stereocenters. The van der Waals surface area contributed by atoms with Crippen LogP contribution in [0.15, 0.2) is 0 Å². The maximum atomic E-state index is 10.8. The molecule has 0 bridgehead atoms. The Morgan fingerprint density at radius 3 is 2.43 bits per heavy atom. The lowest BCUT2D eigenvalue weighted by Gasteiger charge is -2.07. The molecule has 0 fully saturated rings. The lowest BCUT2D eigenvalue weighted by molar-refractivity contribution is -0.217. The summed E-state index contributed by atoms with van der Waals surface area (Å²) < 4.78 is 14.6. The molecule has 0 spiro atoms. The molecule has 0 saturated heterocycles. The molecular formula is C6H11O7P. The van der Waals surface area contributed by atoms with E-state index in [0.717, 1.165) is 0 Å². The third-order valence-electron chi connectivity index (χ3n) is 1.04. The average Bonchev–Trinajstić information content (AvgIpc) is 1.99. The van der Waals surface area contributed by atoms with E-state index in [1.54, 1.807) is 6.92 Å². The number of carbonyl (C=O) groups excluding carboxylic acids is 1. The zero-order valence-electron chi connectivity index (χ0n) is 7.50. The molecule has 0 saturated carbocycles. The number of carboxylic acid groups (broad SMARTS) is 1. The van der Waals surface area contributed by atoms with Gasteiger partial charge in [0.05, 0.1) is 0 Å². The van der Waals surface area contributed by atoms with Crippen molar-refractivity contribution in [1.29, 1.82) is 0 Å². The smallest absolute Gasteiger partial charge is 0.377 e. The number of carboxylic acids is 1. The molecular weight excluding hydrogens is 215 g/mol. The van der Waals surface area contributed by atoms with E-state index in [1.165, 1.54) is 0 Å². The minimum absolute atomic E-state index is 0.0348. The summed E-state index contributed by atoms with van der Waals surface area (Å²) >= 11 is 0. The zero-order chi connectivity index (χ0) is 11.2. The molecule has 1 unspecified atom stereocenters. The van der Waals surface area contributed by atoms with Crippen LogP contribution in [-0.4, -0.2) is 28.1 Å². The summed E-state index contributed by atoms with van der Waals surface area (Å²) in [6.45, 7) is 1.71. The lowest BCUT2D eigenvalue weighted by atomic mass is 10.3. The summed E-state index contributed by atoms with van der Waals surface area (Å²) in [5.74, 6) is -2.32. The molecule has 2 N–H and O–H groups in total. The fraction of sp³-hybridized carbons (Fsp3) is 0.667. The molecule has 0 aromatic carbocycles. The van der Waals surface area contributed by atoms with Gasteiger partial charge in [0.2, 0.25) is 0 Å². The summed E-state index contributed by atoms with van der Waals surface area (Å²) in [5, 5.41) is 8.16. The average molecular weight is 226 g/mol. The Morgan fingerprint density at radius 1 is 1.43 bits per heavy atom. The number of carbonyl (C=O) groups is 2. The first kappa shape index (κ1) is 13.1. The predicted octanol–water partition coefficient (Wildman–Crippen LogP) is 0.531. The van der Waals surface area contributed by atoms with Gasteiger partial charge in [-0.1, -0.05) is 11.6 Å². The third kappa shape index (κ3) is 6.59. The summed E-state index contributed by atoms with van der Waals surface area (Å²) in [5.41, 5.74) is 0. The van der Waals surface area contributed by atoms with Crippen LogP contribution in [0.2, 0.25) is 0 Å². The Hall–Kier alpha value is -0.910. The summed E-state index contributed by atoms with van der Waals surface area (Å²) in [4.78, 5) is 33.4. The van der Waals surface area contributed by atoms with E-state index in [4.69, 9.17) is 10.00 Å². The minimum atomic E-state index is -4.37. The van der Waals surface area contributed by atoms with Gasteiger partial charge in [0, 0.05) is 6.42 Å². The van der Waals surface area contributed by atoms with Crippen molar-refractivity contribution in [3.8, 4) is 0 Å². The number of hydrogen-bond acceptors (Lipinski definition) is 5. The molecule has 0 aliphatic carbocycles. The molecule has 0 aliphatic rings. The largest absolute Gasteiger partial charge is 0.481 e. The van der Waals surface area contributed by atoms with Crippen LogP contribution in [-0.2, 0) is 23.7 Å². The van der Waals surface area contributed by atoms with Crippen LogP contribution in [0.25, 0.3) is 0 Å². The minimum Gasteiger partial charge on any atom is -0.481 e. The fourth-order valence-electron chi connectivity index (χ4n) is 0.543. The maximum absolute atomic E-state index is 10.8. The van der Waals surface area contributed by atoms with Gasteiger partial charge < -0.3 is 10.00 Å². The van der Waals surface area contributed by atoms with E-state index < -0.39 is 25.7 Å². The molecule has 0 radical (unpaired) electrons. The molecule has 14 heavy (non-hydrogen) atoms. The van der Waals surface area contributed by atoms with Gasteiger partial charge in [0.15, 0.2) is 6.16 Å². The van der Waals surface area contributed by atoms with Crippen LogP contribution in [0.4, 0.5) is 0 Å². The molecule has 0 heterocycles. The van der Waals surface area contributed by atoms with Gasteiger partial charge in [-0.15, -0.1) is 0 Å². The maximum Gasteiger partial charge on any atom is 0.377 e. The van der Waals surface area contributed by atoms with Crippen molar-refractivity contribution in [2.45, 2.75) is 19.8 Å². The molecule has 0 aliphatic heterocycles. The van der Waals surface area contributed by atoms with E-state index >= 15 is 0 Å². The number of aliphatic carboxylic acids is 1. The van der Waals surface area contributed by atoms with Crippen LogP contribution in [0.1, 0.15) is 19.8 Å². The highest BCUT2D eigenvalue weighted by molar-refractivity contribution is 7.53. The SMILES string of the molecule is CCCC(=O)OOP(=O)(O)CC(=O)O. The van der Waals surface area contributed by atoms with Crippen molar-refractivity contribution in [3.05, 3.63) is 0 Å². The quantitative estimate of drug-likeness (QED) is 0.386. The standard InChI is InChI=1S/C6H11O7P/c1-2-3-6(9)12-13-14(10,11)4-5(7)8/h2-4H2,1H3,(H,7,8)(H,10,11). The first-order valence-electron chi connectivity index (χ1n) is 3.80. The third-order valence-corrected chi connectivity index (χ3v) is 2.01. The Morgan fingerprint density at radius 2 is 2.00 bits per heavy atom. The molecule has 0 amide bonds. The Kier molecular flexibility index (Phi) is 5.37. The van der Waals surface area contributed by atoms with Crippen LogP contribution in [0.5, 0.6) is 0 Å². The zero-order valence-corrected chi connectivity index (χ0v) is 8.40. The van der Waals surface area contributed by atoms with Gasteiger partial charge in [0.1, 0.15) is 0 Å². The number of hydrogen-bond donors (Lipinski definition) is 2. The predicted molar refractivity (Wildman–Crippen MR) is 44.4 cm³/mol. The normalized spacial score (nSPS) is 14.4. The summed E-state index contributed by atoms with van der Waals surface area (Å²) in [6, 6.07) is 0. The number of rotatable bonds is 6. The van der Waals surface area contributed by atoms with Crippen molar-refractivity contribution in [3.63, 3.8) is 0 Å². The van der Waals surface area contributed by atoms with Crippen LogP contribution in [0.3, 0.4) is 0 Å². The van der Waals surface area contributed by atoms with E-state index in [0.29, 0.717) is 6.42 Å². The van der Waals surface area contributed by atoms with E-state index in [-0.39, 0.29) is 6.42 Å². The van der Waals surface area contributed by atoms with Crippen LogP contribution >= 0.6 is 7.60 Å². The molecule has 0 rings (SSSR count). The summed E-state index contributed by atoms with van der Waals surface area (Å²) in [7, 11) is -4.37. The molecule has 8 heteroatoms. The van der Waals surface area contributed by atoms with Gasteiger partial charge in [-0.05, 0) is 6.42 Å². The van der Waals surface area contributed by atoms with Gasteiger partial charge in [0.25, 0.3) is 0 Å². The highest BCUT2D eigenvalue weighted by Crippen LogP contribution is 2.41. The second-order valence-corrected chi connectivity index (χ2v) is 4.21. The summed E-state index contributed by atoms with van der Waals surface area (Å²) in [6.07, 6.45) is -0.573. The van der Waals surface area contributed by atoms with Crippen molar-refractivity contribution >= 4 is 19.5 Å². The molecule has 0 aromatic rings. The fourth-order valence-corrected chi connectivity index (χ4v) is 1.14. The Balaban J connectivity index is 3.93. The van der Waals surface area contributed by atoms with Gasteiger partial charge in [-0.25, -0.2) is 4.79 Å². The van der Waals surface area contributed by atoms with Crippen LogP contribution < -0.4 is 0 Å². The van der Waals surface area contributed by atoms with Gasteiger partial charge in [-0.2, -0.15) is 0 Å². The van der Waals surface area contributed by atoms with E-state index in [1.807, 2.05) is 0 Å². The van der Waals surface area contributed by atoms with Crippen molar-refractivity contribution in [1.82, 2.24) is 0 Å². The second kappa shape index (κ2) is 5.74. The first-order valence-corrected chi connectivity index (χ1v) is 5.56. The Labute approximate surface area is 80.1 Å². The van der Waals surface area contributed by atoms with Crippen molar-refractivity contribution < 1.29 is 33.7 Å². The topological polar surface area (TPSA) is 110 Å². The highest BCUT2D eigenvalue weighted by Gasteiger charge is 2.26. The van der Waals surface area contributed by atoms with Crippen molar-refractivity contribution in [2.24, 2.45) is 0 Å². The first-order chi connectivity index (χ1) is 6.37. The monoisotopic (exact) mass is 226 g/mol. The lowest BCUT2D eigenvalue weighted by Crippen LogP contribution is -2.09. The van der Waals surface area contributed by atoms with Gasteiger partial charge in [-0.3, -0.25) is 14.2 Å². The van der Waals surface area contributed by atoms with E-state index in [2.05, 4.69) is 9.56 Å². The Bertz CT molecular complexity index is 261. The highest BCUT2D eigenvalue weighted by atomic mass is 31.2. The molecule has 7 nitrogen and oxygen atoms in total. The van der Waals surface area contributed by atoms with E-state index in [9.17, 15) is 14.2 Å². The second-order valence-electron chi connectivity index (χ2n) is 2.47. The van der Waals surface area contributed by atoms with Crippen molar-refractivity contribution in [2.75, 3.05) is 6.16 Å².